The third-order valence-electron chi connectivity index (χ3n) is 3.36. The first-order valence-electron chi connectivity index (χ1n) is 6.52. The highest BCUT2D eigenvalue weighted by Crippen LogP contribution is 2.32. The summed E-state index contributed by atoms with van der Waals surface area (Å²) in [6, 6.07) is 5.20. The first-order chi connectivity index (χ1) is 9.95. The van der Waals surface area contributed by atoms with Gasteiger partial charge in [0.1, 0.15) is 6.04 Å². The fraction of sp³-hybridized carbons (Fsp3) is 0.357. The van der Waals surface area contributed by atoms with Gasteiger partial charge in [0.05, 0.1) is 5.37 Å². The van der Waals surface area contributed by atoms with Crippen molar-refractivity contribution in [3.63, 3.8) is 0 Å². The molecule has 6 nitrogen and oxygen atoms in total. The van der Waals surface area contributed by atoms with Crippen molar-refractivity contribution in [2.24, 2.45) is 5.73 Å². The lowest BCUT2D eigenvalue weighted by atomic mass is 10.1. The van der Waals surface area contributed by atoms with Crippen LogP contribution in [0.2, 0.25) is 0 Å². The topological polar surface area (TPSA) is 101 Å². The Morgan fingerprint density at radius 1 is 1.38 bits per heavy atom. The molecule has 2 atom stereocenters. The number of carboxylic acids is 1. The summed E-state index contributed by atoms with van der Waals surface area (Å²) in [5.41, 5.74) is 5.71. The molecule has 1 aromatic rings. The van der Waals surface area contributed by atoms with Crippen LogP contribution < -0.4 is 5.73 Å². The second-order valence-corrected chi connectivity index (χ2v) is 5.92. The standard InChI is InChI=1S/C14H16N2O4S/c1-2-11-16(10(7-21-11)14(19)20)13(18)9-5-3-4-8(6-9)12(15)17/h3-6,10-11H,2,7H2,1H3,(H2,15,17)(H,19,20). The van der Waals surface area contributed by atoms with Gasteiger partial charge in [-0.3, -0.25) is 9.59 Å². The van der Waals surface area contributed by atoms with Crippen LogP contribution in [0.3, 0.4) is 0 Å². The normalized spacial score (nSPS) is 21.3. The Balaban J connectivity index is 2.34. The predicted octanol–water partition coefficient (Wildman–Crippen LogP) is 1.16. The van der Waals surface area contributed by atoms with Crippen LogP contribution in [0.15, 0.2) is 24.3 Å². The molecule has 2 rings (SSSR count). The van der Waals surface area contributed by atoms with E-state index in [0.717, 1.165) is 0 Å². The molecule has 1 saturated heterocycles. The van der Waals surface area contributed by atoms with E-state index in [1.165, 1.54) is 28.8 Å². The van der Waals surface area contributed by atoms with Gasteiger partial charge < -0.3 is 15.7 Å². The van der Waals surface area contributed by atoms with E-state index in [1.807, 2.05) is 6.92 Å². The van der Waals surface area contributed by atoms with Crippen LogP contribution in [-0.2, 0) is 4.79 Å². The monoisotopic (exact) mass is 308 g/mol. The first-order valence-corrected chi connectivity index (χ1v) is 7.57. The predicted molar refractivity (Wildman–Crippen MR) is 79.1 cm³/mol. The maximum atomic E-state index is 12.6. The number of thioether (sulfide) groups is 1. The molecule has 1 aliphatic heterocycles. The van der Waals surface area contributed by atoms with E-state index in [0.29, 0.717) is 12.2 Å². The first kappa shape index (κ1) is 15.4. The van der Waals surface area contributed by atoms with E-state index in [2.05, 4.69) is 0 Å². The number of nitrogens with zero attached hydrogens (tertiary/aromatic N) is 1. The molecule has 21 heavy (non-hydrogen) atoms. The van der Waals surface area contributed by atoms with Gasteiger partial charge in [-0.25, -0.2) is 4.79 Å². The maximum absolute atomic E-state index is 12.6. The Hall–Kier alpha value is -2.02. The number of amides is 2. The number of carboxylic acid groups (broad SMARTS) is 1. The number of hydrogen-bond donors (Lipinski definition) is 2. The number of nitrogens with two attached hydrogens (primary N) is 1. The Bertz CT molecular complexity index is 590. The number of hydrogen-bond acceptors (Lipinski definition) is 4. The zero-order valence-corrected chi connectivity index (χ0v) is 12.3. The van der Waals surface area contributed by atoms with Gasteiger partial charge in [-0.05, 0) is 24.6 Å². The number of benzene rings is 1. The summed E-state index contributed by atoms with van der Waals surface area (Å²) in [6.07, 6.45) is 0.662. The lowest BCUT2D eigenvalue weighted by Gasteiger charge is -2.26. The van der Waals surface area contributed by atoms with Crippen molar-refractivity contribution >= 4 is 29.5 Å². The molecular formula is C14H16N2O4S. The van der Waals surface area contributed by atoms with Crippen LogP contribution >= 0.6 is 11.8 Å². The summed E-state index contributed by atoms with van der Waals surface area (Å²) in [5.74, 6) is -1.66. The van der Waals surface area contributed by atoms with Gasteiger partial charge in [0.15, 0.2) is 0 Å². The van der Waals surface area contributed by atoms with Gasteiger partial charge in [0.25, 0.3) is 5.91 Å². The van der Waals surface area contributed by atoms with Gasteiger partial charge in [-0.15, -0.1) is 11.8 Å². The van der Waals surface area contributed by atoms with Crippen LogP contribution in [0.25, 0.3) is 0 Å². The van der Waals surface area contributed by atoms with Crippen molar-refractivity contribution < 1.29 is 19.5 Å². The van der Waals surface area contributed by atoms with Crippen LogP contribution in [0, 0.1) is 0 Å². The molecule has 7 heteroatoms. The average Bonchev–Trinajstić information content (AvgIpc) is 2.90. The lowest BCUT2D eigenvalue weighted by molar-refractivity contribution is -0.141. The Kier molecular flexibility index (Phi) is 4.52. The van der Waals surface area contributed by atoms with Gasteiger partial charge >= 0.3 is 5.97 Å². The number of primary amides is 1. The zero-order valence-electron chi connectivity index (χ0n) is 11.5. The molecule has 0 spiro atoms. The molecule has 0 saturated carbocycles. The number of carbonyl (C=O) groups excluding carboxylic acids is 2. The SMILES string of the molecule is CCC1SCC(C(=O)O)N1C(=O)c1cccc(C(N)=O)c1. The van der Waals surface area contributed by atoms with Crippen molar-refractivity contribution in [1.29, 1.82) is 0 Å². The molecule has 0 aromatic heterocycles. The van der Waals surface area contributed by atoms with Crippen LogP contribution in [0.4, 0.5) is 0 Å². The van der Waals surface area contributed by atoms with E-state index < -0.39 is 17.9 Å². The summed E-state index contributed by atoms with van der Waals surface area (Å²) in [7, 11) is 0. The highest BCUT2D eigenvalue weighted by molar-refractivity contribution is 8.00. The fourth-order valence-corrected chi connectivity index (χ4v) is 3.64. The summed E-state index contributed by atoms with van der Waals surface area (Å²) in [6.45, 7) is 1.90. The van der Waals surface area contributed by atoms with Crippen LogP contribution in [-0.4, -0.2) is 45.0 Å². The van der Waals surface area contributed by atoms with Crippen LogP contribution in [0.1, 0.15) is 34.1 Å². The van der Waals surface area contributed by atoms with E-state index in [9.17, 15) is 19.5 Å². The highest BCUT2D eigenvalue weighted by Gasteiger charge is 2.41. The van der Waals surface area contributed by atoms with E-state index in [4.69, 9.17) is 5.73 Å². The maximum Gasteiger partial charge on any atom is 0.327 e. The Labute approximate surface area is 126 Å². The molecule has 0 bridgehead atoms. The molecule has 112 valence electrons. The number of aliphatic carboxylic acids is 1. The number of rotatable bonds is 4. The van der Waals surface area contributed by atoms with Crippen molar-refractivity contribution in [3.8, 4) is 0 Å². The second kappa shape index (κ2) is 6.17. The minimum absolute atomic E-state index is 0.171. The molecule has 2 amide bonds. The van der Waals surface area contributed by atoms with Gasteiger partial charge in [0.2, 0.25) is 5.91 Å². The third-order valence-corrected chi connectivity index (χ3v) is 4.81. The lowest BCUT2D eigenvalue weighted by Crippen LogP contribution is -2.45. The van der Waals surface area contributed by atoms with E-state index >= 15 is 0 Å². The second-order valence-electron chi connectivity index (χ2n) is 4.71. The minimum atomic E-state index is -1.02. The van der Waals surface area contributed by atoms with E-state index in [1.54, 1.807) is 12.1 Å². The summed E-state index contributed by atoms with van der Waals surface area (Å²) in [5, 5.41) is 9.08. The largest absolute Gasteiger partial charge is 0.480 e. The molecule has 1 aromatic carbocycles. The smallest absolute Gasteiger partial charge is 0.327 e. The van der Waals surface area contributed by atoms with Crippen molar-refractivity contribution in [2.45, 2.75) is 24.8 Å². The molecular weight excluding hydrogens is 292 g/mol. The molecule has 1 aliphatic rings. The fourth-order valence-electron chi connectivity index (χ4n) is 2.30. The summed E-state index contributed by atoms with van der Waals surface area (Å²) >= 11 is 1.45. The summed E-state index contributed by atoms with van der Waals surface area (Å²) < 4.78 is 0. The van der Waals surface area contributed by atoms with Gasteiger partial charge in [0, 0.05) is 16.9 Å². The van der Waals surface area contributed by atoms with Crippen molar-refractivity contribution in [2.75, 3.05) is 5.75 Å². The average molecular weight is 308 g/mol. The molecule has 2 unspecified atom stereocenters. The third kappa shape index (κ3) is 3.02. The van der Waals surface area contributed by atoms with Gasteiger partial charge in [-0.1, -0.05) is 13.0 Å². The number of carbonyl (C=O) groups is 3. The minimum Gasteiger partial charge on any atom is -0.480 e. The van der Waals surface area contributed by atoms with E-state index in [-0.39, 0.29) is 22.4 Å². The Morgan fingerprint density at radius 2 is 2.05 bits per heavy atom. The summed E-state index contributed by atoms with van der Waals surface area (Å²) in [4.78, 5) is 36.5. The van der Waals surface area contributed by atoms with Crippen molar-refractivity contribution in [1.82, 2.24) is 4.90 Å². The highest BCUT2D eigenvalue weighted by atomic mass is 32.2. The zero-order chi connectivity index (χ0) is 15.6. The van der Waals surface area contributed by atoms with Crippen molar-refractivity contribution in [3.05, 3.63) is 35.4 Å². The molecule has 0 aliphatic carbocycles. The molecule has 3 N–H and O–H groups in total. The quantitative estimate of drug-likeness (QED) is 0.869. The Morgan fingerprint density at radius 3 is 2.62 bits per heavy atom. The molecule has 0 radical (unpaired) electrons. The van der Waals surface area contributed by atoms with Gasteiger partial charge in [-0.2, -0.15) is 0 Å². The molecule has 1 fully saturated rings. The van der Waals surface area contributed by atoms with Crippen LogP contribution in [0.5, 0.6) is 0 Å². The molecule has 1 heterocycles.